The number of nitrogen functional groups attached to an aromatic ring is 1. The molecule has 1 aromatic rings. The van der Waals surface area contributed by atoms with Crippen molar-refractivity contribution in [1.29, 1.82) is 0 Å². The van der Waals surface area contributed by atoms with E-state index in [1.54, 1.807) is 6.07 Å². The van der Waals surface area contributed by atoms with Gasteiger partial charge in [-0.3, -0.25) is 0 Å². The molecular weight excluding hydrogens is 237 g/mol. The fourth-order valence-electron chi connectivity index (χ4n) is 1.00. The molecule has 0 unspecified atom stereocenters. The van der Waals surface area contributed by atoms with E-state index in [0.717, 1.165) is 15.6 Å². The molecule has 64 valence electrons. The summed E-state index contributed by atoms with van der Waals surface area (Å²) >= 11 is 9.33. The van der Waals surface area contributed by atoms with Gasteiger partial charge in [-0.15, -0.1) is 0 Å². The lowest BCUT2D eigenvalue weighted by molar-refractivity contribution is 1.53. The molecule has 0 saturated carbocycles. The van der Waals surface area contributed by atoms with Crippen LogP contribution in [0, 0.1) is 0 Å². The Balaban J connectivity index is 3.38. The average Bonchev–Trinajstić information content (AvgIpc) is 1.82. The predicted molar refractivity (Wildman–Crippen MR) is 58.3 cm³/mol. The summed E-state index contributed by atoms with van der Waals surface area (Å²) in [5.41, 5.74) is 8.08. The molecule has 0 saturated heterocycles. The van der Waals surface area contributed by atoms with Gasteiger partial charge in [0.25, 0.3) is 0 Å². The molecule has 0 heterocycles. The number of hydrogen-bond donors (Lipinski definition) is 1. The van der Waals surface area contributed by atoms with Crippen molar-refractivity contribution in [1.82, 2.24) is 0 Å². The Labute approximate surface area is 85.3 Å². The highest BCUT2D eigenvalue weighted by Gasteiger charge is 2.06. The maximum absolute atomic E-state index is 5.96. The summed E-state index contributed by atoms with van der Waals surface area (Å²) in [5, 5.41) is 0.634. The van der Waals surface area contributed by atoms with Gasteiger partial charge in [-0.2, -0.15) is 0 Å². The van der Waals surface area contributed by atoms with Crippen LogP contribution in [0.1, 0.15) is 12.5 Å². The van der Waals surface area contributed by atoms with Gasteiger partial charge in [-0.25, -0.2) is 0 Å². The zero-order valence-corrected chi connectivity index (χ0v) is 9.04. The molecule has 1 rings (SSSR count). The third-order valence-corrected chi connectivity index (χ3v) is 2.41. The highest BCUT2D eigenvalue weighted by molar-refractivity contribution is 9.10. The largest absolute Gasteiger partial charge is 0.399 e. The van der Waals surface area contributed by atoms with Gasteiger partial charge in [0.05, 0.1) is 5.02 Å². The Bertz CT molecular complexity index is 310. The summed E-state index contributed by atoms with van der Waals surface area (Å²) < 4.78 is 0.889. The van der Waals surface area contributed by atoms with E-state index in [1.165, 1.54) is 0 Å². The number of hydrogen-bond acceptors (Lipinski definition) is 1. The first-order chi connectivity index (χ1) is 5.52. The first-order valence-electron chi connectivity index (χ1n) is 3.42. The first kappa shape index (κ1) is 9.62. The third-order valence-electron chi connectivity index (χ3n) is 1.49. The maximum atomic E-state index is 5.96. The summed E-state index contributed by atoms with van der Waals surface area (Å²) in [4.78, 5) is 0. The van der Waals surface area contributed by atoms with Crippen LogP contribution in [0.5, 0.6) is 0 Å². The number of rotatable bonds is 1. The van der Waals surface area contributed by atoms with Crippen molar-refractivity contribution in [3.63, 3.8) is 0 Å². The van der Waals surface area contributed by atoms with E-state index < -0.39 is 0 Å². The monoisotopic (exact) mass is 245 g/mol. The van der Waals surface area contributed by atoms with Gasteiger partial charge in [0.1, 0.15) is 0 Å². The summed E-state index contributed by atoms with van der Waals surface area (Å²) in [6, 6.07) is 3.53. The van der Waals surface area contributed by atoms with E-state index in [0.29, 0.717) is 10.7 Å². The van der Waals surface area contributed by atoms with Crippen molar-refractivity contribution in [2.45, 2.75) is 6.92 Å². The van der Waals surface area contributed by atoms with Crippen molar-refractivity contribution in [3.8, 4) is 0 Å². The zero-order chi connectivity index (χ0) is 9.30. The Morgan fingerprint density at radius 3 is 2.58 bits per heavy atom. The van der Waals surface area contributed by atoms with E-state index in [-0.39, 0.29) is 0 Å². The van der Waals surface area contributed by atoms with Crippen LogP contribution in [-0.2, 0) is 0 Å². The zero-order valence-electron chi connectivity index (χ0n) is 6.70. The molecule has 0 aliphatic heterocycles. The molecule has 0 spiro atoms. The van der Waals surface area contributed by atoms with Gasteiger partial charge >= 0.3 is 0 Å². The number of allylic oxidation sites excluding steroid dienone is 1. The first-order valence-corrected chi connectivity index (χ1v) is 4.60. The minimum atomic E-state index is 0.634. The number of nitrogens with two attached hydrogens (primary N) is 1. The normalized spacial score (nSPS) is 9.92. The quantitative estimate of drug-likeness (QED) is 0.751. The van der Waals surface area contributed by atoms with Gasteiger partial charge in [-0.05, 0) is 24.6 Å². The van der Waals surface area contributed by atoms with Crippen molar-refractivity contribution in [2.24, 2.45) is 0 Å². The summed E-state index contributed by atoms with van der Waals surface area (Å²) in [5.74, 6) is 0. The molecule has 0 amide bonds. The number of anilines is 1. The smallest absolute Gasteiger partial charge is 0.0512 e. The fourth-order valence-corrected chi connectivity index (χ4v) is 2.32. The minimum Gasteiger partial charge on any atom is -0.399 e. The molecule has 0 bridgehead atoms. The van der Waals surface area contributed by atoms with Crippen LogP contribution in [0.15, 0.2) is 23.2 Å². The van der Waals surface area contributed by atoms with Crippen molar-refractivity contribution < 1.29 is 0 Å². The molecular formula is C9H9BrClN. The summed E-state index contributed by atoms with van der Waals surface area (Å²) in [6.07, 6.45) is 0. The van der Waals surface area contributed by atoms with Gasteiger partial charge in [0.15, 0.2) is 0 Å². The van der Waals surface area contributed by atoms with E-state index in [2.05, 4.69) is 22.5 Å². The van der Waals surface area contributed by atoms with Gasteiger partial charge in [-0.1, -0.05) is 34.1 Å². The van der Waals surface area contributed by atoms with Crippen LogP contribution in [0.2, 0.25) is 5.02 Å². The lowest BCUT2D eigenvalue weighted by Gasteiger charge is -2.07. The molecule has 3 heteroatoms. The van der Waals surface area contributed by atoms with Crippen molar-refractivity contribution in [3.05, 3.63) is 33.8 Å². The van der Waals surface area contributed by atoms with E-state index in [9.17, 15) is 0 Å². The second-order valence-electron chi connectivity index (χ2n) is 2.64. The second kappa shape index (κ2) is 3.50. The third kappa shape index (κ3) is 1.82. The van der Waals surface area contributed by atoms with Crippen LogP contribution in [0.25, 0.3) is 5.57 Å². The number of halogens is 2. The van der Waals surface area contributed by atoms with Crippen LogP contribution >= 0.6 is 27.5 Å². The molecule has 2 N–H and O–H groups in total. The molecule has 0 radical (unpaired) electrons. The highest BCUT2D eigenvalue weighted by atomic mass is 79.9. The van der Waals surface area contributed by atoms with E-state index >= 15 is 0 Å². The molecule has 0 aromatic heterocycles. The number of benzene rings is 1. The van der Waals surface area contributed by atoms with Gasteiger partial charge in [0, 0.05) is 15.7 Å². The summed E-state index contributed by atoms with van der Waals surface area (Å²) in [7, 11) is 0. The molecule has 1 aromatic carbocycles. The van der Waals surface area contributed by atoms with Gasteiger partial charge in [0.2, 0.25) is 0 Å². The Kier molecular flexibility index (Phi) is 2.80. The van der Waals surface area contributed by atoms with Crippen molar-refractivity contribution in [2.75, 3.05) is 5.73 Å². The maximum Gasteiger partial charge on any atom is 0.0512 e. The lowest BCUT2D eigenvalue weighted by Crippen LogP contribution is -1.89. The molecule has 1 nitrogen and oxygen atoms in total. The van der Waals surface area contributed by atoms with E-state index in [4.69, 9.17) is 17.3 Å². The Hall–Kier alpha value is -0.470. The SMILES string of the molecule is C=C(C)c1c(Cl)cc(N)cc1Br. The van der Waals surface area contributed by atoms with Crippen LogP contribution < -0.4 is 5.73 Å². The Morgan fingerprint density at radius 1 is 1.58 bits per heavy atom. The van der Waals surface area contributed by atoms with Crippen LogP contribution in [-0.4, -0.2) is 0 Å². The van der Waals surface area contributed by atoms with Gasteiger partial charge < -0.3 is 5.73 Å². The molecule has 12 heavy (non-hydrogen) atoms. The van der Waals surface area contributed by atoms with Crippen molar-refractivity contribution >= 4 is 38.8 Å². The molecule has 0 aliphatic rings. The molecule has 0 atom stereocenters. The standard InChI is InChI=1S/C9H9BrClN/c1-5(2)9-7(10)3-6(12)4-8(9)11/h3-4H,1,12H2,2H3. The topological polar surface area (TPSA) is 26.0 Å². The van der Waals surface area contributed by atoms with Crippen LogP contribution in [0.3, 0.4) is 0 Å². The second-order valence-corrected chi connectivity index (χ2v) is 3.90. The molecule has 0 aliphatic carbocycles. The fraction of sp³-hybridized carbons (Fsp3) is 0.111. The highest BCUT2D eigenvalue weighted by Crippen LogP contribution is 2.32. The van der Waals surface area contributed by atoms with Crippen LogP contribution in [0.4, 0.5) is 5.69 Å². The summed E-state index contributed by atoms with van der Waals surface area (Å²) in [6.45, 7) is 5.73. The van der Waals surface area contributed by atoms with E-state index in [1.807, 2.05) is 13.0 Å². The predicted octanol–water partition coefficient (Wildman–Crippen LogP) is 3.72. The lowest BCUT2D eigenvalue weighted by atomic mass is 10.1. The Morgan fingerprint density at radius 2 is 2.17 bits per heavy atom. The molecule has 0 fully saturated rings. The minimum absolute atomic E-state index is 0.634. The average molecular weight is 247 g/mol.